The molecular formula is C10H12Cl2F2N2O. The van der Waals surface area contributed by atoms with Crippen molar-refractivity contribution in [2.24, 2.45) is 0 Å². The summed E-state index contributed by atoms with van der Waals surface area (Å²) in [4.78, 5) is 5.24. The van der Waals surface area contributed by atoms with E-state index in [1.807, 2.05) is 0 Å². The van der Waals surface area contributed by atoms with Crippen LogP contribution in [0.4, 0.5) is 8.78 Å². The zero-order chi connectivity index (χ0) is 12.8. The number of hydrogen-bond donors (Lipinski definition) is 1. The van der Waals surface area contributed by atoms with Crippen molar-refractivity contribution in [2.45, 2.75) is 13.0 Å². The number of hydrogen-bond acceptors (Lipinski definition) is 3. The maximum absolute atomic E-state index is 12.3. The number of alkyl halides is 2. The minimum atomic E-state index is -2.46. The smallest absolute Gasteiger partial charge is 0.251 e. The Morgan fingerprint density at radius 3 is 2.65 bits per heavy atom. The van der Waals surface area contributed by atoms with E-state index in [9.17, 15) is 8.78 Å². The zero-order valence-electron chi connectivity index (χ0n) is 8.91. The van der Waals surface area contributed by atoms with Crippen LogP contribution in [-0.4, -0.2) is 41.1 Å². The Balaban J connectivity index is 2.71. The van der Waals surface area contributed by atoms with Crippen LogP contribution < -0.4 is 0 Å². The first kappa shape index (κ1) is 14.6. The molecule has 0 unspecified atom stereocenters. The molecule has 1 heterocycles. The average molecular weight is 285 g/mol. The summed E-state index contributed by atoms with van der Waals surface area (Å²) < 4.78 is 24.6. The van der Waals surface area contributed by atoms with Gasteiger partial charge in [0.2, 0.25) is 0 Å². The summed E-state index contributed by atoms with van der Waals surface area (Å²) in [5.41, 5.74) is 0.602. The van der Waals surface area contributed by atoms with E-state index < -0.39 is 13.0 Å². The van der Waals surface area contributed by atoms with E-state index in [0.717, 1.165) is 0 Å². The van der Waals surface area contributed by atoms with Crippen molar-refractivity contribution >= 4 is 23.2 Å². The van der Waals surface area contributed by atoms with E-state index in [0.29, 0.717) is 10.6 Å². The molecule has 0 fully saturated rings. The summed E-state index contributed by atoms with van der Waals surface area (Å²) in [5, 5.41) is 9.41. The number of nitrogens with zero attached hydrogens (tertiary/aromatic N) is 2. The van der Waals surface area contributed by atoms with Crippen molar-refractivity contribution in [3.05, 3.63) is 28.0 Å². The number of aromatic nitrogens is 1. The van der Waals surface area contributed by atoms with Crippen LogP contribution in [0.15, 0.2) is 12.3 Å². The third kappa shape index (κ3) is 5.12. The number of aliphatic hydroxyl groups excluding tert-OH is 1. The third-order valence-electron chi connectivity index (χ3n) is 2.10. The molecule has 17 heavy (non-hydrogen) atoms. The number of halogens is 4. The molecule has 0 aromatic carbocycles. The molecule has 0 aliphatic carbocycles. The first-order valence-corrected chi connectivity index (χ1v) is 5.69. The summed E-state index contributed by atoms with van der Waals surface area (Å²) in [6.07, 6.45) is -1.01. The molecule has 3 nitrogen and oxygen atoms in total. The summed E-state index contributed by atoms with van der Waals surface area (Å²) in [5.74, 6) is 0. The van der Waals surface area contributed by atoms with Gasteiger partial charge in [0.25, 0.3) is 6.43 Å². The zero-order valence-corrected chi connectivity index (χ0v) is 10.4. The topological polar surface area (TPSA) is 36.4 Å². The van der Waals surface area contributed by atoms with Crippen LogP contribution in [0.25, 0.3) is 0 Å². The highest BCUT2D eigenvalue weighted by atomic mass is 35.5. The van der Waals surface area contributed by atoms with Gasteiger partial charge in [0.05, 0.1) is 13.2 Å². The highest BCUT2D eigenvalue weighted by molar-refractivity contribution is 6.34. The molecule has 1 rings (SSSR count). The van der Waals surface area contributed by atoms with E-state index in [2.05, 4.69) is 4.98 Å². The van der Waals surface area contributed by atoms with Crippen molar-refractivity contribution in [3.8, 4) is 0 Å². The van der Waals surface area contributed by atoms with Crippen molar-refractivity contribution in [1.29, 1.82) is 0 Å². The van der Waals surface area contributed by atoms with Crippen molar-refractivity contribution in [1.82, 2.24) is 9.88 Å². The minimum Gasteiger partial charge on any atom is -0.395 e. The lowest BCUT2D eigenvalue weighted by Gasteiger charge is -2.21. The Morgan fingerprint density at radius 2 is 2.12 bits per heavy atom. The molecule has 0 saturated heterocycles. The van der Waals surface area contributed by atoms with Crippen LogP contribution in [0.1, 0.15) is 5.56 Å². The van der Waals surface area contributed by atoms with Crippen LogP contribution in [0.2, 0.25) is 10.2 Å². The van der Waals surface area contributed by atoms with Gasteiger partial charge in [0, 0.05) is 29.9 Å². The second-order valence-electron chi connectivity index (χ2n) is 3.45. The third-order valence-corrected chi connectivity index (χ3v) is 2.66. The number of aliphatic hydroxyl groups is 1. The van der Waals surface area contributed by atoms with Gasteiger partial charge in [-0.2, -0.15) is 0 Å². The fraction of sp³-hybridized carbons (Fsp3) is 0.500. The first-order chi connectivity index (χ1) is 8.02. The van der Waals surface area contributed by atoms with Crippen LogP contribution in [0.3, 0.4) is 0 Å². The normalized spacial score (nSPS) is 11.5. The lowest BCUT2D eigenvalue weighted by atomic mass is 10.2. The Bertz CT molecular complexity index is 366. The van der Waals surface area contributed by atoms with Gasteiger partial charge >= 0.3 is 0 Å². The molecule has 0 radical (unpaired) electrons. The summed E-state index contributed by atoms with van der Waals surface area (Å²) >= 11 is 11.5. The van der Waals surface area contributed by atoms with Gasteiger partial charge in [-0.05, 0) is 6.07 Å². The molecule has 0 bridgehead atoms. The largest absolute Gasteiger partial charge is 0.395 e. The predicted molar refractivity (Wildman–Crippen MR) is 62.6 cm³/mol. The lowest BCUT2D eigenvalue weighted by Crippen LogP contribution is -2.31. The Morgan fingerprint density at radius 1 is 1.41 bits per heavy atom. The number of rotatable bonds is 6. The first-order valence-electron chi connectivity index (χ1n) is 4.94. The van der Waals surface area contributed by atoms with Gasteiger partial charge in [-0.25, -0.2) is 13.8 Å². The molecular weight excluding hydrogens is 273 g/mol. The van der Waals surface area contributed by atoms with Crippen LogP contribution >= 0.6 is 23.2 Å². The highest BCUT2D eigenvalue weighted by Crippen LogP contribution is 2.20. The molecule has 1 aromatic heterocycles. The Hall–Kier alpha value is -0.490. The monoisotopic (exact) mass is 284 g/mol. The van der Waals surface area contributed by atoms with Gasteiger partial charge in [0.1, 0.15) is 5.15 Å². The molecule has 0 saturated carbocycles. The van der Waals surface area contributed by atoms with E-state index in [1.165, 1.54) is 17.2 Å². The molecule has 0 atom stereocenters. The van der Waals surface area contributed by atoms with Crippen molar-refractivity contribution in [2.75, 3.05) is 19.7 Å². The summed E-state index contributed by atoms with van der Waals surface area (Å²) in [7, 11) is 0. The maximum Gasteiger partial charge on any atom is 0.251 e. The molecule has 0 spiro atoms. The van der Waals surface area contributed by atoms with Crippen molar-refractivity contribution in [3.63, 3.8) is 0 Å². The molecule has 96 valence electrons. The molecule has 0 aliphatic rings. The van der Waals surface area contributed by atoms with E-state index in [-0.39, 0.29) is 24.8 Å². The fourth-order valence-electron chi connectivity index (χ4n) is 1.36. The lowest BCUT2D eigenvalue weighted by molar-refractivity contribution is 0.0746. The second kappa shape index (κ2) is 7.06. The van der Waals surface area contributed by atoms with Gasteiger partial charge in [-0.3, -0.25) is 4.90 Å². The molecule has 1 aromatic rings. The second-order valence-corrected chi connectivity index (χ2v) is 4.24. The molecule has 0 amide bonds. The average Bonchev–Trinajstić information content (AvgIpc) is 2.21. The van der Waals surface area contributed by atoms with Crippen LogP contribution in [0, 0.1) is 0 Å². The highest BCUT2D eigenvalue weighted by Gasteiger charge is 2.14. The van der Waals surface area contributed by atoms with E-state index >= 15 is 0 Å². The van der Waals surface area contributed by atoms with Gasteiger partial charge in [-0.1, -0.05) is 23.2 Å². The summed E-state index contributed by atoms with van der Waals surface area (Å²) in [6, 6.07) is 1.46. The molecule has 7 heteroatoms. The number of pyridine rings is 1. The minimum absolute atomic E-state index is 0.156. The van der Waals surface area contributed by atoms with Gasteiger partial charge in [-0.15, -0.1) is 0 Å². The Labute approximate surface area is 108 Å². The van der Waals surface area contributed by atoms with E-state index in [4.69, 9.17) is 28.3 Å². The predicted octanol–water partition coefficient (Wildman–Crippen LogP) is 2.45. The Kier molecular flexibility index (Phi) is 6.05. The van der Waals surface area contributed by atoms with E-state index in [1.54, 1.807) is 0 Å². The molecule has 1 N–H and O–H groups in total. The SMILES string of the molecule is OCCN(Cc1cnc(Cl)cc1Cl)CC(F)F. The van der Waals surface area contributed by atoms with Gasteiger partial charge in [0.15, 0.2) is 0 Å². The van der Waals surface area contributed by atoms with Crippen LogP contribution in [-0.2, 0) is 6.54 Å². The molecule has 0 aliphatic heterocycles. The maximum atomic E-state index is 12.3. The van der Waals surface area contributed by atoms with Gasteiger partial charge < -0.3 is 5.11 Å². The standard InChI is InChI=1S/C10H12Cl2F2N2O/c11-8-3-9(12)15-4-7(8)5-16(1-2-17)6-10(13)14/h3-4,10,17H,1-2,5-6H2. The van der Waals surface area contributed by atoms with Crippen LogP contribution in [0.5, 0.6) is 0 Å². The fourth-order valence-corrected chi connectivity index (χ4v) is 1.79. The summed E-state index contributed by atoms with van der Waals surface area (Å²) in [6.45, 7) is -0.248. The quantitative estimate of drug-likeness (QED) is 0.816. The van der Waals surface area contributed by atoms with Crippen molar-refractivity contribution < 1.29 is 13.9 Å².